The second-order valence-electron chi connectivity index (χ2n) is 4.63. The molecule has 0 spiro atoms. The molecule has 6 rings (SSSR count). The molecule has 0 aromatic heterocycles. The second kappa shape index (κ2) is 14.9. The van der Waals surface area contributed by atoms with Gasteiger partial charge in [0.2, 0.25) is 0 Å². The predicted molar refractivity (Wildman–Crippen MR) is 88.0 cm³/mol. The molecule has 4 bridgehead atoms. The summed E-state index contributed by atoms with van der Waals surface area (Å²) >= 11 is 0. The van der Waals surface area contributed by atoms with E-state index in [4.69, 9.17) is 14.4 Å². The van der Waals surface area contributed by atoms with E-state index in [0.717, 1.165) is 25.7 Å². The van der Waals surface area contributed by atoms with Crippen molar-refractivity contribution in [1.82, 2.24) is 0 Å². The molecule has 2 aromatic carbocycles. The van der Waals surface area contributed by atoms with Crippen LogP contribution < -0.4 is 0 Å². The standard InChI is InChI=1S/C16H16.3CHO.Cr/c1-2-14-4-3-13(1)9-10-15-5-7-16(8-6-15)12-11-14;3*1-2;/h1-8H,9-12H2;3*1H;/q;3*-1;. The Morgan fingerprint density at radius 1 is 0.435 bits per heavy atom. The van der Waals surface area contributed by atoms with Crippen molar-refractivity contribution >= 4 is 20.4 Å². The van der Waals surface area contributed by atoms with Crippen LogP contribution in [0.25, 0.3) is 0 Å². The molecular weight excluding hydrogens is 328 g/mol. The Hall–Kier alpha value is -2.02. The van der Waals surface area contributed by atoms with Gasteiger partial charge in [0.25, 0.3) is 0 Å². The third-order valence-electron chi connectivity index (χ3n) is 3.45. The van der Waals surface area contributed by atoms with E-state index in [-0.39, 0.29) is 17.4 Å². The zero-order valence-corrected chi connectivity index (χ0v) is 14.1. The van der Waals surface area contributed by atoms with Crippen molar-refractivity contribution in [1.29, 1.82) is 0 Å². The fourth-order valence-electron chi connectivity index (χ4n) is 2.32. The van der Waals surface area contributed by atoms with E-state index in [0.29, 0.717) is 0 Å². The van der Waals surface area contributed by atoms with Gasteiger partial charge >= 0.3 is 0 Å². The molecule has 23 heavy (non-hydrogen) atoms. The van der Waals surface area contributed by atoms with Crippen LogP contribution >= 0.6 is 0 Å². The van der Waals surface area contributed by atoms with Gasteiger partial charge in [0, 0.05) is 17.4 Å². The molecule has 0 unspecified atom stereocenters. The van der Waals surface area contributed by atoms with Crippen LogP contribution in [0.5, 0.6) is 0 Å². The van der Waals surface area contributed by atoms with E-state index in [9.17, 15) is 0 Å². The number of rotatable bonds is 0. The first-order valence-corrected chi connectivity index (χ1v) is 6.76. The monoisotopic (exact) mass is 347 g/mol. The quantitative estimate of drug-likeness (QED) is 0.544. The van der Waals surface area contributed by atoms with Gasteiger partial charge in [-0.3, -0.25) is 20.4 Å². The van der Waals surface area contributed by atoms with E-state index < -0.39 is 0 Å². The number of carbonyl (C=O) groups excluding carboxylic acids is 3. The van der Waals surface area contributed by atoms with Crippen molar-refractivity contribution in [2.75, 3.05) is 0 Å². The summed E-state index contributed by atoms with van der Waals surface area (Å²) in [6.45, 7) is 9.75. The number of hydrogen-bond donors (Lipinski definition) is 0. The van der Waals surface area contributed by atoms with Crippen molar-refractivity contribution in [2.45, 2.75) is 25.7 Å². The third kappa shape index (κ3) is 8.25. The number of aryl methyl sites for hydroxylation is 4. The maximum absolute atomic E-state index is 7.75. The molecular formula is C19H19CrO3-3. The predicted octanol–water partition coefficient (Wildman–Crippen LogP) is 2.75. The van der Waals surface area contributed by atoms with Crippen molar-refractivity contribution in [2.24, 2.45) is 0 Å². The van der Waals surface area contributed by atoms with Gasteiger partial charge in [-0.15, -0.1) is 0 Å². The van der Waals surface area contributed by atoms with Crippen LogP contribution in [0.2, 0.25) is 0 Å². The van der Waals surface area contributed by atoms with E-state index in [1.54, 1.807) is 0 Å². The molecule has 0 N–H and O–H groups in total. The first kappa shape index (κ1) is 23.3. The first-order valence-electron chi connectivity index (χ1n) is 6.76. The number of benzene rings is 2. The molecule has 0 amide bonds. The van der Waals surface area contributed by atoms with Crippen LogP contribution in [0, 0.1) is 0 Å². The van der Waals surface area contributed by atoms with Crippen LogP contribution in [0.1, 0.15) is 22.3 Å². The second-order valence-corrected chi connectivity index (χ2v) is 4.63. The normalized spacial score (nSPS) is 10.6. The SMILES string of the molecule is [CH-]=O.[CH-]=O.[CH-]=O.[Cr].c1cc2ccc1CCc1ccc(cc1)CC2. The largest absolute Gasteiger partial charge is 0.545 e. The van der Waals surface area contributed by atoms with Gasteiger partial charge in [-0.05, 0) is 47.9 Å². The van der Waals surface area contributed by atoms with Crippen LogP contribution in [0.4, 0.5) is 0 Å². The van der Waals surface area contributed by atoms with Gasteiger partial charge in [-0.1, -0.05) is 48.5 Å². The summed E-state index contributed by atoms with van der Waals surface area (Å²) in [6.07, 6.45) is 4.61. The maximum atomic E-state index is 7.75. The minimum atomic E-state index is 0. The Balaban J connectivity index is 0. The fourth-order valence-corrected chi connectivity index (χ4v) is 2.32. The van der Waals surface area contributed by atoms with Crippen LogP contribution in [-0.4, -0.2) is 20.4 Å². The van der Waals surface area contributed by atoms with Crippen LogP contribution in [0.15, 0.2) is 48.5 Å². The molecule has 3 nitrogen and oxygen atoms in total. The molecule has 2 aromatic rings. The summed E-state index contributed by atoms with van der Waals surface area (Å²) in [6, 6.07) is 18.2. The van der Waals surface area contributed by atoms with Crippen molar-refractivity contribution in [3.63, 3.8) is 0 Å². The summed E-state index contributed by atoms with van der Waals surface area (Å²) in [5.74, 6) is 0. The van der Waals surface area contributed by atoms with E-state index in [1.165, 1.54) is 22.3 Å². The summed E-state index contributed by atoms with van der Waals surface area (Å²) in [5.41, 5.74) is 5.81. The molecule has 0 heterocycles. The Morgan fingerprint density at radius 3 is 0.696 bits per heavy atom. The molecule has 4 aliphatic rings. The van der Waals surface area contributed by atoms with E-state index in [1.807, 2.05) is 0 Å². The van der Waals surface area contributed by atoms with Crippen LogP contribution in [-0.2, 0) is 57.4 Å². The summed E-state index contributed by atoms with van der Waals surface area (Å²) < 4.78 is 0. The Bertz CT molecular complexity index is 425. The van der Waals surface area contributed by atoms with Gasteiger partial charge in [0.05, 0.1) is 0 Å². The molecule has 0 atom stereocenters. The Labute approximate surface area is 148 Å². The molecule has 0 saturated heterocycles. The molecule has 0 saturated carbocycles. The summed E-state index contributed by atoms with van der Waals surface area (Å²) in [7, 11) is 0. The van der Waals surface area contributed by atoms with Crippen molar-refractivity contribution in [3.8, 4) is 0 Å². The smallest absolute Gasteiger partial charge is 0 e. The molecule has 0 radical (unpaired) electrons. The zero-order chi connectivity index (χ0) is 16.8. The molecule has 0 aliphatic heterocycles. The molecule has 122 valence electrons. The summed E-state index contributed by atoms with van der Waals surface area (Å²) in [5, 5.41) is 0. The van der Waals surface area contributed by atoms with Gasteiger partial charge in [0.1, 0.15) is 0 Å². The fraction of sp³-hybridized carbons (Fsp3) is 0.211. The molecule has 0 fully saturated rings. The topological polar surface area (TPSA) is 51.2 Å². The van der Waals surface area contributed by atoms with Gasteiger partial charge in [-0.25, -0.2) is 0 Å². The molecule has 4 aliphatic carbocycles. The zero-order valence-electron chi connectivity index (χ0n) is 12.8. The third-order valence-corrected chi connectivity index (χ3v) is 3.45. The Kier molecular flexibility index (Phi) is 15.1. The average Bonchev–Trinajstić information content (AvgIpc) is 2.63. The summed E-state index contributed by atoms with van der Waals surface area (Å²) in [4.78, 5) is 23.2. The van der Waals surface area contributed by atoms with Crippen LogP contribution in [0.3, 0.4) is 0 Å². The van der Waals surface area contributed by atoms with Crippen molar-refractivity contribution < 1.29 is 31.7 Å². The van der Waals surface area contributed by atoms with E-state index >= 15 is 0 Å². The minimum absolute atomic E-state index is 0. The average molecular weight is 347 g/mol. The van der Waals surface area contributed by atoms with Crippen molar-refractivity contribution in [3.05, 3.63) is 70.8 Å². The van der Waals surface area contributed by atoms with Gasteiger partial charge in [-0.2, -0.15) is 0 Å². The Morgan fingerprint density at radius 2 is 0.565 bits per heavy atom. The van der Waals surface area contributed by atoms with Gasteiger partial charge in [0.15, 0.2) is 0 Å². The maximum Gasteiger partial charge on any atom is 0 e. The molecule has 4 heteroatoms. The van der Waals surface area contributed by atoms with E-state index in [2.05, 4.69) is 68.9 Å². The first-order chi connectivity index (χ1) is 10.9. The van der Waals surface area contributed by atoms with Gasteiger partial charge < -0.3 is 14.4 Å². The minimum Gasteiger partial charge on any atom is -0.545 e. The number of hydrogen-bond acceptors (Lipinski definition) is 3.